The van der Waals surface area contributed by atoms with E-state index in [2.05, 4.69) is 11.6 Å². The molecule has 1 aromatic heterocycles. The molecule has 0 aliphatic carbocycles. The molecule has 2 nitrogen and oxygen atoms in total. The Bertz CT molecular complexity index is 346. The molecule has 0 aromatic carbocycles. The third-order valence-electron chi connectivity index (χ3n) is 1.57. The average Bonchev–Trinajstić information content (AvgIpc) is 2.37. The van der Waals surface area contributed by atoms with Crippen molar-refractivity contribution < 1.29 is 0 Å². The zero-order valence-corrected chi connectivity index (χ0v) is 6.65. The Morgan fingerprint density at radius 3 is 3.00 bits per heavy atom. The lowest BCUT2D eigenvalue weighted by atomic mass is 10.2. The van der Waals surface area contributed by atoms with Gasteiger partial charge in [0.15, 0.2) is 0 Å². The number of nitrogens with one attached hydrogen (secondary N) is 2. The smallest absolute Gasteiger partial charge is 0.0465 e. The van der Waals surface area contributed by atoms with Gasteiger partial charge in [-0.05, 0) is 23.8 Å². The highest BCUT2D eigenvalue weighted by molar-refractivity contribution is 6.07. The van der Waals surface area contributed by atoms with Gasteiger partial charge in [0.2, 0.25) is 0 Å². The molecule has 0 amide bonds. The summed E-state index contributed by atoms with van der Waals surface area (Å²) in [5, 5.41) is 9.30. The second-order valence-electron chi connectivity index (χ2n) is 2.44. The van der Waals surface area contributed by atoms with E-state index in [-0.39, 0.29) is 0 Å². The van der Waals surface area contributed by atoms with E-state index in [1.807, 2.05) is 25.3 Å². The molecule has 1 heterocycles. The van der Waals surface area contributed by atoms with Gasteiger partial charge in [0.1, 0.15) is 0 Å². The maximum absolute atomic E-state index is 7.41. The van der Waals surface area contributed by atoms with Crippen LogP contribution in [0.25, 0.3) is 12.7 Å². The monoisotopic (exact) mass is 148 g/mol. The lowest BCUT2D eigenvalue weighted by Crippen LogP contribution is -2.21. The Kier molecular flexibility index (Phi) is 2.26. The largest absolute Gasteiger partial charge is 0.361 e. The van der Waals surface area contributed by atoms with Crippen LogP contribution in [0, 0.1) is 5.41 Å². The fourth-order valence-corrected chi connectivity index (χ4v) is 0.825. The van der Waals surface area contributed by atoms with Gasteiger partial charge in [-0.25, -0.2) is 0 Å². The first-order chi connectivity index (χ1) is 5.24. The van der Waals surface area contributed by atoms with Crippen molar-refractivity contribution in [2.24, 2.45) is 0 Å². The summed E-state index contributed by atoms with van der Waals surface area (Å²) < 4.78 is 0. The first-order valence-electron chi connectivity index (χ1n) is 3.65. The van der Waals surface area contributed by atoms with Crippen molar-refractivity contribution in [3.63, 3.8) is 0 Å². The predicted octanol–water partition coefficient (Wildman–Crippen LogP) is 0.635. The van der Waals surface area contributed by atoms with Crippen LogP contribution >= 0.6 is 0 Å². The Labute approximate surface area is 65.8 Å². The number of aromatic nitrogens is 1. The third kappa shape index (κ3) is 1.80. The number of aromatic amines is 1. The van der Waals surface area contributed by atoms with Crippen LogP contribution in [0.1, 0.15) is 13.3 Å². The first kappa shape index (κ1) is 7.79. The number of hydrogen-bond acceptors (Lipinski definition) is 1. The Hall–Kier alpha value is -1.31. The van der Waals surface area contributed by atoms with Gasteiger partial charge in [-0.15, -0.1) is 0 Å². The molecule has 0 aliphatic rings. The van der Waals surface area contributed by atoms with Crippen LogP contribution in [0.15, 0.2) is 12.3 Å². The first-order valence-corrected chi connectivity index (χ1v) is 3.65. The number of hydrogen-bond donors (Lipinski definition) is 2. The van der Waals surface area contributed by atoms with Crippen molar-refractivity contribution in [2.45, 2.75) is 13.3 Å². The molecule has 0 spiro atoms. The number of rotatable bonds is 2. The van der Waals surface area contributed by atoms with Gasteiger partial charge >= 0.3 is 0 Å². The SMILES string of the molecule is C=c1cc[nH]/c1=C/C(=N)CC. The molecule has 0 radical (unpaired) electrons. The number of H-pyrrole nitrogens is 1. The highest BCUT2D eigenvalue weighted by Crippen LogP contribution is 1.80. The molecule has 0 saturated heterocycles. The molecule has 1 rings (SSSR count). The molecule has 11 heavy (non-hydrogen) atoms. The van der Waals surface area contributed by atoms with Gasteiger partial charge in [-0.2, -0.15) is 0 Å². The van der Waals surface area contributed by atoms with Crippen molar-refractivity contribution >= 4 is 18.4 Å². The molecule has 58 valence electrons. The van der Waals surface area contributed by atoms with E-state index >= 15 is 0 Å². The quantitative estimate of drug-likeness (QED) is 0.578. The maximum Gasteiger partial charge on any atom is 0.0465 e. The molecule has 0 saturated carbocycles. The second-order valence-corrected chi connectivity index (χ2v) is 2.44. The summed E-state index contributed by atoms with van der Waals surface area (Å²) in [5.74, 6) is 0. The third-order valence-corrected chi connectivity index (χ3v) is 1.57. The minimum Gasteiger partial charge on any atom is -0.361 e. The summed E-state index contributed by atoms with van der Waals surface area (Å²) in [6, 6.07) is 1.90. The van der Waals surface area contributed by atoms with Crippen LogP contribution in [0.3, 0.4) is 0 Å². The Morgan fingerprint density at radius 1 is 1.82 bits per heavy atom. The summed E-state index contributed by atoms with van der Waals surface area (Å²) in [5.41, 5.74) is 0.623. The predicted molar refractivity (Wildman–Crippen MR) is 48.0 cm³/mol. The van der Waals surface area contributed by atoms with Gasteiger partial charge in [0.05, 0.1) is 0 Å². The van der Waals surface area contributed by atoms with E-state index in [0.29, 0.717) is 5.71 Å². The second kappa shape index (κ2) is 3.19. The molecule has 2 N–H and O–H groups in total. The summed E-state index contributed by atoms with van der Waals surface area (Å²) in [7, 11) is 0. The molecular weight excluding hydrogens is 136 g/mol. The minimum absolute atomic E-state index is 0.623. The van der Waals surface area contributed by atoms with Crippen LogP contribution in [-0.2, 0) is 0 Å². The van der Waals surface area contributed by atoms with E-state index in [9.17, 15) is 0 Å². The van der Waals surface area contributed by atoms with Gasteiger partial charge in [0.25, 0.3) is 0 Å². The molecule has 2 heteroatoms. The zero-order valence-electron chi connectivity index (χ0n) is 6.65. The maximum atomic E-state index is 7.41. The Balaban J connectivity index is 3.10. The molecule has 0 aliphatic heterocycles. The van der Waals surface area contributed by atoms with Crippen LogP contribution in [0.2, 0.25) is 0 Å². The van der Waals surface area contributed by atoms with Gasteiger partial charge in [0, 0.05) is 17.3 Å². The van der Waals surface area contributed by atoms with E-state index in [1.54, 1.807) is 0 Å². The van der Waals surface area contributed by atoms with Crippen LogP contribution in [0.5, 0.6) is 0 Å². The fourth-order valence-electron chi connectivity index (χ4n) is 0.825. The van der Waals surface area contributed by atoms with Gasteiger partial charge in [-0.3, -0.25) is 0 Å². The van der Waals surface area contributed by atoms with Gasteiger partial charge in [-0.1, -0.05) is 13.5 Å². The minimum atomic E-state index is 0.623. The zero-order chi connectivity index (χ0) is 8.27. The van der Waals surface area contributed by atoms with E-state index < -0.39 is 0 Å². The summed E-state index contributed by atoms with van der Waals surface area (Å²) in [6.45, 7) is 5.77. The summed E-state index contributed by atoms with van der Waals surface area (Å²) in [4.78, 5) is 3.01. The van der Waals surface area contributed by atoms with Crippen molar-refractivity contribution in [2.75, 3.05) is 0 Å². The summed E-state index contributed by atoms with van der Waals surface area (Å²) in [6.07, 6.45) is 4.40. The molecule has 1 aromatic rings. The lowest BCUT2D eigenvalue weighted by molar-refractivity contribution is 1.25. The van der Waals surface area contributed by atoms with Crippen molar-refractivity contribution in [1.29, 1.82) is 5.41 Å². The Morgan fingerprint density at radius 2 is 2.55 bits per heavy atom. The molecule has 0 unspecified atom stereocenters. The average molecular weight is 148 g/mol. The molecular formula is C9H12N2. The van der Waals surface area contributed by atoms with Crippen LogP contribution in [-0.4, -0.2) is 10.7 Å². The fraction of sp³-hybridized carbons (Fsp3) is 0.222. The molecule has 0 fully saturated rings. The van der Waals surface area contributed by atoms with Crippen molar-refractivity contribution in [3.05, 3.63) is 22.8 Å². The van der Waals surface area contributed by atoms with E-state index in [0.717, 1.165) is 17.0 Å². The highest BCUT2D eigenvalue weighted by atomic mass is 14.6. The van der Waals surface area contributed by atoms with Crippen LogP contribution < -0.4 is 10.6 Å². The normalized spacial score (nSPS) is 11.9. The summed E-state index contributed by atoms with van der Waals surface area (Å²) >= 11 is 0. The standard InChI is InChI=1S/C9H12N2/c1-3-8(10)6-9-7(2)4-5-11-9/h4-6,10-11H,2-3H2,1H3/b9-6+,10-8?. The van der Waals surface area contributed by atoms with Gasteiger partial charge < -0.3 is 10.4 Å². The van der Waals surface area contributed by atoms with Crippen molar-refractivity contribution in [3.8, 4) is 0 Å². The van der Waals surface area contributed by atoms with E-state index in [1.165, 1.54) is 0 Å². The van der Waals surface area contributed by atoms with Crippen molar-refractivity contribution in [1.82, 2.24) is 4.98 Å². The van der Waals surface area contributed by atoms with E-state index in [4.69, 9.17) is 5.41 Å². The highest BCUT2D eigenvalue weighted by Gasteiger charge is 1.86. The topological polar surface area (TPSA) is 39.6 Å². The van der Waals surface area contributed by atoms with Crippen LogP contribution in [0.4, 0.5) is 0 Å². The molecule has 0 atom stereocenters. The lowest BCUT2D eigenvalue weighted by Gasteiger charge is -1.86. The molecule has 0 bridgehead atoms.